The van der Waals surface area contributed by atoms with E-state index in [9.17, 15) is 4.79 Å². The maximum atomic E-state index is 11.4. The Morgan fingerprint density at radius 1 is 1.09 bits per heavy atom. The molecule has 0 aromatic rings. The highest BCUT2D eigenvalue weighted by Gasteiger charge is 2.58. The molecular formula is C20H29ClO2. The Balaban J connectivity index is 1.66. The average molecular weight is 337 g/mol. The predicted molar refractivity (Wildman–Crippen MR) is 92.3 cm³/mol. The fourth-order valence-electron chi connectivity index (χ4n) is 6.78. The molecule has 0 bridgehead atoms. The first-order valence-corrected chi connectivity index (χ1v) is 9.80. The molecule has 0 radical (unpaired) electrons. The summed E-state index contributed by atoms with van der Waals surface area (Å²) in [4.78, 5) is 11.4. The summed E-state index contributed by atoms with van der Waals surface area (Å²) < 4.78 is 5.81. The number of ether oxygens (including phenoxy) is 1. The number of carbonyl (C=O) groups is 1. The Labute approximate surface area is 145 Å². The minimum atomic E-state index is 0.0589. The Kier molecular flexibility index (Phi) is 3.93. The summed E-state index contributed by atoms with van der Waals surface area (Å²) in [6, 6.07) is 0. The molecule has 0 N–H and O–H groups in total. The van der Waals surface area contributed by atoms with Gasteiger partial charge in [-0.15, -0.1) is 0 Å². The molecule has 0 aromatic carbocycles. The van der Waals surface area contributed by atoms with Gasteiger partial charge < -0.3 is 4.74 Å². The van der Waals surface area contributed by atoms with Crippen molar-refractivity contribution in [2.75, 3.05) is 13.2 Å². The minimum Gasteiger partial charge on any atom is -0.381 e. The number of rotatable bonds is 1. The molecule has 23 heavy (non-hydrogen) atoms. The summed E-state index contributed by atoms with van der Waals surface area (Å²) in [6.07, 6.45) is 9.46. The van der Waals surface area contributed by atoms with E-state index in [-0.39, 0.29) is 5.41 Å². The highest BCUT2D eigenvalue weighted by Crippen LogP contribution is 2.66. The van der Waals surface area contributed by atoms with E-state index in [1.54, 1.807) is 0 Å². The summed E-state index contributed by atoms with van der Waals surface area (Å²) in [5, 5.41) is 0.882. The minimum absolute atomic E-state index is 0.0589. The van der Waals surface area contributed by atoms with Crippen molar-refractivity contribution < 1.29 is 9.53 Å². The molecule has 128 valence electrons. The van der Waals surface area contributed by atoms with Crippen LogP contribution in [0, 0.1) is 34.5 Å². The van der Waals surface area contributed by atoms with Gasteiger partial charge in [-0.2, -0.15) is 0 Å². The third kappa shape index (κ3) is 2.20. The zero-order valence-corrected chi connectivity index (χ0v) is 15.2. The van der Waals surface area contributed by atoms with Crippen molar-refractivity contribution in [3.05, 3.63) is 10.6 Å². The fraction of sp³-hybridized carbons (Fsp3) is 0.850. The zero-order chi connectivity index (χ0) is 16.2. The van der Waals surface area contributed by atoms with Gasteiger partial charge in [-0.05, 0) is 74.0 Å². The number of allylic oxidation sites excluding steroid dienone is 2. The van der Waals surface area contributed by atoms with Crippen molar-refractivity contribution in [1.82, 2.24) is 0 Å². The molecule has 4 aliphatic rings. The van der Waals surface area contributed by atoms with E-state index in [1.165, 1.54) is 32.1 Å². The molecule has 2 nitrogen and oxygen atoms in total. The van der Waals surface area contributed by atoms with Crippen LogP contribution in [-0.4, -0.2) is 19.5 Å². The van der Waals surface area contributed by atoms with E-state index < -0.39 is 0 Å². The molecule has 0 unspecified atom stereocenters. The van der Waals surface area contributed by atoms with E-state index in [4.69, 9.17) is 16.3 Å². The molecule has 0 spiro atoms. The number of hydrogen-bond donors (Lipinski definition) is 0. The fourth-order valence-corrected chi connectivity index (χ4v) is 7.14. The van der Waals surface area contributed by atoms with Crippen LogP contribution >= 0.6 is 11.6 Å². The molecule has 3 aliphatic carbocycles. The van der Waals surface area contributed by atoms with Gasteiger partial charge in [0.1, 0.15) is 6.29 Å². The molecule has 6 atom stereocenters. The molecule has 1 heterocycles. The lowest BCUT2D eigenvalue weighted by atomic mass is 9.47. The summed E-state index contributed by atoms with van der Waals surface area (Å²) in [5.74, 6) is 2.93. The van der Waals surface area contributed by atoms with Gasteiger partial charge in [0.05, 0.1) is 0 Å². The standard InChI is InChI=1S/C20H29ClO2/c1-19-8-10-23-9-6-14(19)3-4-15-16(19)5-7-20(2)17(15)11-13(12-22)18(20)21/h12,14-17H,3-11H2,1-2H3/t14-,15+,16-,17-,19-,20-/m0/s1. The van der Waals surface area contributed by atoms with Crippen LogP contribution in [0.4, 0.5) is 0 Å². The maximum Gasteiger partial charge on any atom is 0.147 e. The van der Waals surface area contributed by atoms with Crippen LogP contribution in [0.2, 0.25) is 0 Å². The van der Waals surface area contributed by atoms with Gasteiger partial charge in [0.15, 0.2) is 0 Å². The number of aldehydes is 1. The Morgan fingerprint density at radius 3 is 2.70 bits per heavy atom. The van der Waals surface area contributed by atoms with Crippen LogP contribution in [0.1, 0.15) is 58.8 Å². The molecule has 1 saturated heterocycles. The third-order valence-corrected chi connectivity index (χ3v) is 8.89. The van der Waals surface area contributed by atoms with Crippen molar-refractivity contribution in [2.24, 2.45) is 34.5 Å². The normalized spacial score (nSPS) is 49.9. The van der Waals surface area contributed by atoms with Gasteiger partial charge in [-0.3, -0.25) is 4.79 Å². The van der Waals surface area contributed by atoms with Crippen molar-refractivity contribution in [1.29, 1.82) is 0 Å². The molecule has 4 rings (SSSR count). The first-order chi connectivity index (χ1) is 11.0. The monoisotopic (exact) mass is 336 g/mol. The number of halogens is 1. The summed E-state index contributed by atoms with van der Waals surface area (Å²) in [6.45, 7) is 6.73. The second-order valence-corrected chi connectivity index (χ2v) is 9.30. The van der Waals surface area contributed by atoms with Gasteiger partial charge in [0.2, 0.25) is 0 Å². The van der Waals surface area contributed by atoms with Crippen molar-refractivity contribution in [3.8, 4) is 0 Å². The van der Waals surface area contributed by atoms with Crippen LogP contribution in [0.5, 0.6) is 0 Å². The van der Waals surface area contributed by atoms with Crippen LogP contribution in [0.15, 0.2) is 10.6 Å². The Bertz CT molecular complexity index is 542. The lowest BCUT2D eigenvalue weighted by Crippen LogP contribution is -2.51. The van der Waals surface area contributed by atoms with E-state index in [0.717, 1.165) is 60.7 Å². The topological polar surface area (TPSA) is 26.3 Å². The first-order valence-electron chi connectivity index (χ1n) is 9.43. The first kappa shape index (κ1) is 16.1. The van der Waals surface area contributed by atoms with E-state index in [2.05, 4.69) is 13.8 Å². The van der Waals surface area contributed by atoms with E-state index >= 15 is 0 Å². The summed E-state index contributed by atoms with van der Waals surface area (Å²) >= 11 is 6.65. The average Bonchev–Trinajstić information content (AvgIpc) is 2.69. The van der Waals surface area contributed by atoms with Crippen LogP contribution in [0.3, 0.4) is 0 Å². The van der Waals surface area contributed by atoms with Crippen LogP contribution in [-0.2, 0) is 9.53 Å². The largest absolute Gasteiger partial charge is 0.381 e. The number of carbonyl (C=O) groups excluding carboxylic acids is 1. The van der Waals surface area contributed by atoms with Crippen molar-refractivity contribution in [3.63, 3.8) is 0 Å². The molecule has 0 aromatic heterocycles. The van der Waals surface area contributed by atoms with Gasteiger partial charge >= 0.3 is 0 Å². The van der Waals surface area contributed by atoms with Crippen molar-refractivity contribution in [2.45, 2.75) is 58.8 Å². The molecule has 0 amide bonds. The van der Waals surface area contributed by atoms with Gasteiger partial charge in [-0.1, -0.05) is 25.4 Å². The van der Waals surface area contributed by atoms with Gasteiger partial charge in [0.25, 0.3) is 0 Å². The van der Waals surface area contributed by atoms with Gasteiger partial charge in [0, 0.05) is 29.2 Å². The number of fused-ring (bicyclic) bond motifs is 5. The lowest BCUT2D eigenvalue weighted by molar-refractivity contribution is -0.105. The maximum absolute atomic E-state index is 11.4. The molecule has 3 heteroatoms. The Morgan fingerprint density at radius 2 is 1.91 bits per heavy atom. The highest BCUT2D eigenvalue weighted by molar-refractivity contribution is 6.32. The molecule has 1 aliphatic heterocycles. The second kappa shape index (κ2) is 5.59. The smallest absolute Gasteiger partial charge is 0.147 e. The second-order valence-electron chi connectivity index (χ2n) is 8.93. The SMILES string of the molecule is C[C@]12CCOCC[C@@H]1CC[C@@H]1[C@@H]2CC[C@]2(C)C(Cl)=C(C=O)C[C@@H]12. The zero-order valence-electron chi connectivity index (χ0n) is 14.4. The molecule has 2 saturated carbocycles. The summed E-state index contributed by atoms with van der Waals surface area (Å²) in [5.41, 5.74) is 1.37. The predicted octanol–water partition coefficient (Wildman–Crippen LogP) is 4.96. The van der Waals surface area contributed by atoms with Crippen molar-refractivity contribution >= 4 is 17.9 Å². The van der Waals surface area contributed by atoms with E-state index in [0.29, 0.717) is 11.3 Å². The summed E-state index contributed by atoms with van der Waals surface area (Å²) in [7, 11) is 0. The molecule has 3 fully saturated rings. The van der Waals surface area contributed by atoms with Crippen LogP contribution < -0.4 is 0 Å². The lowest BCUT2D eigenvalue weighted by Gasteiger charge is -2.58. The van der Waals surface area contributed by atoms with Crippen LogP contribution in [0.25, 0.3) is 0 Å². The molecular weight excluding hydrogens is 308 g/mol. The van der Waals surface area contributed by atoms with Gasteiger partial charge in [-0.25, -0.2) is 0 Å². The number of hydrogen-bond acceptors (Lipinski definition) is 2. The Hall–Kier alpha value is -0.340. The quantitative estimate of drug-likeness (QED) is 0.633. The third-order valence-electron chi connectivity index (χ3n) is 8.22. The van der Waals surface area contributed by atoms with E-state index in [1.807, 2.05) is 0 Å². The highest BCUT2D eigenvalue weighted by atomic mass is 35.5.